The van der Waals surface area contributed by atoms with E-state index in [0.29, 0.717) is 4.47 Å². The predicted molar refractivity (Wildman–Crippen MR) is 72.5 cm³/mol. The molecule has 0 heterocycles. The molecule has 1 aromatic carbocycles. The molecule has 0 unspecified atom stereocenters. The molecule has 4 nitrogen and oxygen atoms in total. The van der Waals surface area contributed by atoms with Crippen molar-refractivity contribution in [3.63, 3.8) is 0 Å². The van der Waals surface area contributed by atoms with Gasteiger partial charge < -0.3 is 5.11 Å². The normalized spacial score (nSPS) is 12.4. The van der Waals surface area contributed by atoms with E-state index >= 15 is 0 Å². The molecule has 0 radical (unpaired) electrons. The molecule has 0 saturated carbocycles. The third kappa shape index (κ3) is 3.55. The Hall–Kier alpha value is -0.880. The van der Waals surface area contributed by atoms with Gasteiger partial charge in [-0.1, -0.05) is 19.9 Å². The molecule has 1 N–H and O–H groups in total. The van der Waals surface area contributed by atoms with Gasteiger partial charge in [0, 0.05) is 16.1 Å². The summed E-state index contributed by atoms with van der Waals surface area (Å²) in [4.78, 5) is 11.0. The van der Waals surface area contributed by atoms with Crippen LogP contribution in [0.2, 0.25) is 0 Å². The number of hydrogen-bond acceptors (Lipinski definition) is 3. The molecule has 0 aromatic heterocycles. The molecular formula is C12H15BrO4S. The molecule has 6 heteroatoms. The van der Waals surface area contributed by atoms with Crippen molar-refractivity contribution in [3.05, 3.63) is 28.2 Å². The lowest BCUT2D eigenvalue weighted by Gasteiger charge is -2.23. The summed E-state index contributed by atoms with van der Waals surface area (Å²) in [5.74, 6) is -0.886. The molecule has 0 fully saturated rings. The fraction of sp³-hybridized carbons (Fsp3) is 0.417. The van der Waals surface area contributed by atoms with E-state index in [0.717, 1.165) is 11.8 Å². The summed E-state index contributed by atoms with van der Waals surface area (Å²) in [7, 11) is -3.28. The average Bonchev–Trinajstić information content (AvgIpc) is 2.13. The van der Waals surface area contributed by atoms with Crippen LogP contribution < -0.4 is 0 Å². The van der Waals surface area contributed by atoms with Crippen LogP contribution in [-0.4, -0.2) is 25.7 Å². The minimum Gasteiger partial charge on any atom is -0.481 e. The van der Waals surface area contributed by atoms with Crippen LogP contribution in [-0.2, 0) is 20.0 Å². The fourth-order valence-corrected chi connectivity index (χ4v) is 3.69. The molecule has 0 aliphatic rings. The Morgan fingerprint density at radius 1 is 1.39 bits per heavy atom. The lowest BCUT2D eigenvalue weighted by atomic mass is 9.82. The Labute approximate surface area is 115 Å². The third-order valence-electron chi connectivity index (χ3n) is 2.71. The summed E-state index contributed by atoms with van der Waals surface area (Å²) in [6.45, 7) is 3.62. The van der Waals surface area contributed by atoms with Gasteiger partial charge in [-0.05, 0) is 33.6 Å². The molecule has 1 aromatic rings. The number of carboxylic acids is 1. The molecule has 18 heavy (non-hydrogen) atoms. The molecule has 0 aliphatic heterocycles. The first-order valence-electron chi connectivity index (χ1n) is 5.26. The van der Waals surface area contributed by atoms with Crippen molar-refractivity contribution in [2.24, 2.45) is 0 Å². The maximum Gasteiger partial charge on any atom is 0.304 e. The Kier molecular flexibility index (Phi) is 4.23. The maximum absolute atomic E-state index is 11.5. The Balaban J connectivity index is 3.24. The molecule has 0 saturated heterocycles. The maximum atomic E-state index is 11.5. The molecule has 0 atom stereocenters. The van der Waals surface area contributed by atoms with Crippen LogP contribution in [0.1, 0.15) is 25.8 Å². The van der Waals surface area contributed by atoms with Crippen molar-refractivity contribution in [1.82, 2.24) is 0 Å². The number of hydrogen-bond donors (Lipinski definition) is 1. The number of aliphatic carboxylic acids is 1. The van der Waals surface area contributed by atoms with Crippen LogP contribution in [0.4, 0.5) is 0 Å². The number of sulfone groups is 1. The molecule has 0 bridgehead atoms. The van der Waals surface area contributed by atoms with Crippen molar-refractivity contribution < 1.29 is 18.3 Å². The van der Waals surface area contributed by atoms with Crippen molar-refractivity contribution in [2.45, 2.75) is 30.6 Å². The number of rotatable bonds is 4. The Morgan fingerprint density at radius 2 is 1.94 bits per heavy atom. The highest BCUT2D eigenvalue weighted by atomic mass is 79.9. The summed E-state index contributed by atoms with van der Waals surface area (Å²) in [5.41, 5.74) is 0.230. The Morgan fingerprint density at radius 3 is 2.33 bits per heavy atom. The van der Waals surface area contributed by atoms with Crippen molar-refractivity contribution >= 4 is 31.7 Å². The van der Waals surface area contributed by atoms with Gasteiger partial charge in [-0.3, -0.25) is 4.79 Å². The van der Waals surface area contributed by atoms with E-state index in [1.807, 2.05) is 13.8 Å². The van der Waals surface area contributed by atoms with Gasteiger partial charge in [-0.2, -0.15) is 0 Å². The first-order valence-corrected chi connectivity index (χ1v) is 7.94. The quantitative estimate of drug-likeness (QED) is 0.918. The molecule has 100 valence electrons. The van der Waals surface area contributed by atoms with E-state index in [9.17, 15) is 13.2 Å². The zero-order valence-electron chi connectivity index (χ0n) is 10.4. The number of carbonyl (C=O) groups is 1. The average molecular weight is 335 g/mol. The second kappa shape index (κ2) is 5.01. The standard InChI is InChI=1S/C12H15BrO4S/c1-12(2,7-11(14)15)8-4-5-10(9(13)6-8)18(3,16)17/h4-6H,7H2,1-3H3,(H,14,15). The van der Waals surface area contributed by atoms with Crippen LogP contribution >= 0.6 is 15.9 Å². The van der Waals surface area contributed by atoms with Gasteiger partial charge >= 0.3 is 5.97 Å². The van der Waals surface area contributed by atoms with Gasteiger partial charge in [0.15, 0.2) is 9.84 Å². The minimum atomic E-state index is -3.28. The highest BCUT2D eigenvalue weighted by molar-refractivity contribution is 9.10. The van der Waals surface area contributed by atoms with Gasteiger partial charge in [0.2, 0.25) is 0 Å². The molecule has 1 rings (SSSR count). The SMILES string of the molecule is CC(C)(CC(=O)O)c1ccc(S(C)(=O)=O)c(Br)c1. The molecular weight excluding hydrogens is 320 g/mol. The van der Waals surface area contributed by atoms with Crippen LogP contribution in [0, 0.1) is 0 Å². The smallest absolute Gasteiger partial charge is 0.304 e. The Bertz CT molecular complexity index is 576. The first-order chi connectivity index (χ1) is 8.04. The van der Waals surface area contributed by atoms with Crippen molar-refractivity contribution in [1.29, 1.82) is 0 Å². The van der Waals surface area contributed by atoms with E-state index in [-0.39, 0.29) is 11.3 Å². The van der Waals surface area contributed by atoms with Crippen LogP contribution in [0.5, 0.6) is 0 Å². The fourth-order valence-electron chi connectivity index (χ4n) is 1.70. The van der Waals surface area contributed by atoms with Gasteiger partial charge in [0.25, 0.3) is 0 Å². The van der Waals surface area contributed by atoms with Crippen molar-refractivity contribution in [3.8, 4) is 0 Å². The summed E-state index contributed by atoms with van der Waals surface area (Å²) in [6.07, 6.45) is 1.12. The highest BCUT2D eigenvalue weighted by Crippen LogP contribution is 2.32. The van der Waals surface area contributed by atoms with E-state index in [1.165, 1.54) is 6.07 Å². The van der Waals surface area contributed by atoms with Crippen LogP contribution in [0.15, 0.2) is 27.6 Å². The third-order valence-corrected chi connectivity index (χ3v) is 4.78. The van der Waals surface area contributed by atoms with Crippen LogP contribution in [0.25, 0.3) is 0 Å². The first kappa shape index (κ1) is 15.2. The zero-order valence-corrected chi connectivity index (χ0v) is 12.8. The highest BCUT2D eigenvalue weighted by Gasteiger charge is 2.25. The minimum absolute atomic E-state index is 0.0162. The van der Waals surface area contributed by atoms with E-state index < -0.39 is 21.2 Å². The largest absolute Gasteiger partial charge is 0.481 e. The van der Waals surface area contributed by atoms with Gasteiger partial charge in [0.05, 0.1) is 11.3 Å². The second-order valence-electron chi connectivity index (χ2n) is 4.87. The van der Waals surface area contributed by atoms with E-state index in [2.05, 4.69) is 15.9 Å². The summed E-state index contributed by atoms with van der Waals surface area (Å²) >= 11 is 3.22. The molecule has 0 spiro atoms. The molecule has 0 aliphatic carbocycles. The number of carboxylic acid groups (broad SMARTS) is 1. The molecule has 0 amide bonds. The van der Waals surface area contributed by atoms with Gasteiger partial charge in [-0.25, -0.2) is 8.42 Å². The van der Waals surface area contributed by atoms with Gasteiger partial charge in [-0.15, -0.1) is 0 Å². The van der Waals surface area contributed by atoms with E-state index in [1.54, 1.807) is 12.1 Å². The predicted octanol–water partition coefficient (Wildman–Crippen LogP) is 2.60. The summed E-state index contributed by atoms with van der Waals surface area (Å²) < 4.78 is 23.4. The number of benzene rings is 1. The lowest BCUT2D eigenvalue weighted by molar-refractivity contribution is -0.138. The lowest BCUT2D eigenvalue weighted by Crippen LogP contribution is -2.21. The zero-order chi connectivity index (χ0) is 14.1. The number of halogens is 1. The topological polar surface area (TPSA) is 71.4 Å². The van der Waals surface area contributed by atoms with E-state index in [4.69, 9.17) is 5.11 Å². The van der Waals surface area contributed by atoms with Crippen LogP contribution in [0.3, 0.4) is 0 Å². The summed E-state index contributed by atoms with van der Waals surface area (Å²) in [5, 5.41) is 8.86. The second-order valence-corrected chi connectivity index (χ2v) is 7.71. The van der Waals surface area contributed by atoms with Crippen molar-refractivity contribution in [2.75, 3.05) is 6.26 Å². The summed E-state index contributed by atoms with van der Waals surface area (Å²) in [6, 6.07) is 4.82. The van der Waals surface area contributed by atoms with Gasteiger partial charge in [0.1, 0.15) is 0 Å². The monoisotopic (exact) mass is 334 g/mol.